The lowest BCUT2D eigenvalue weighted by molar-refractivity contribution is 0.414. The monoisotopic (exact) mass is 264 g/mol. The maximum absolute atomic E-state index is 9.22. The molecule has 1 aliphatic rings. The predicted octanol–water partition coefficient (Wildman–Crippen LogP) is 2.54. The van der Waals surface area contributed by atoms with Crippen LogP contribution in [0, 0.1) is 11.3 Å². The van der Waals surface area contributed by atoms with Crippen LogP contribution in [0.4, 0.5) is 0 Å². The van der Waals surface area contributed by atoms with E-state index in [1.165, 1.54) is 11.1 Å². The molecule has 2 N–H and O–H groups in total. The second kappa shape index (κ2) is 3.87. The molecule has 0 atom stereocenters. The van der Waals surface area contributed by atoms with E-state index in [1.807, 2.05) is 18.3 Å². The largest absolute Gasteiger partial charge is 0.495 e. The zero-order valence-corrected chi connectivity index (χ0v) is 10.9. The molecule has 0 spiro atoms. The lowest BCUT2D eigenvalue weighted by atomic mass is 9.93. The van der Waals surface area contributed by atoms with Crippen LogP contribution in [0.15, 0.2) is 18.3 Å². The number of aromatic amines is 2. The molecule has 2 heterocycles. The standard InChI is InChI=1S/C15H12N4O/c1-20-13-5-12-11(4-9(13)6-16)10-3-2-8-7-17-19-14(8)15(10)18-12/h4-5,7,18H,2-3H2,1H3,(H,17,19). The van der Waals surface area contributed by atoms with Crippen molar-refractivity contribution in [3.63, 3.8) is 0 Å². The lowest BCUT2D eigenvalue weighted by Gasteiger charge is -2.11. The Labute approximate surface area is 115 Å². The minimum absolute atomic E-state index is 0.567. The number of methoxy groups -OCH3 is 1. The zero-order chi connectivity index (χ0) is 13.7. The van der Waals surface area contributed by atoms with Crippen molar-refractivity contribution in [3.05, 3.63) is 35.0 Å². The number of hydrogen-bond acceptors (Lipinski definition) is 3. The molecule has 0 fully saturated rings. The number of rotatable bonds is 1. The number of H-pyrrole nitrogens is 2. The summed E-state index contributed by atoms with van der Waals surface area (Å²) in [5.41, 5.74) is 6.17. The van der Waals surface area contributed by atoms with Gasteiger partial charge in [-0.1, -0.05) is 0 Å². The van der Waals surface area contributed by atoms with Gasteiger partial charge in [0.15, 0.2) is 0 Å². The average molecular weight is 264 g/mol. The summed E-state index contributed by atoms with van der Waals surface area (Å²) < 4.78 is 5.27. The first-order chi connectivity index (χ1) is 9.81. The number of nitrogens with one attached hydrogen (secondary N) is 2. The van der Waals surface area contributed by atoms with Crippen molar-refractivity contribution in [1.82, 2.24) is 15.2 Å². The Hall–Kier alpha value is -2.74. The quantitative estimate of drug-likeness (QED) is 0.709. The molecule has 0 amide bonds. The minimum Gasteiger partial charge on any atom is -0.495 e. The normalized spacial score (nSPS) is 12.8. The Morgan fingerprint density at radius 1 is 1.30 bits per heavy atom. The van der Waals surface area contributed by atoms with E-state index in [-0.39, 0.29) is 0 Å². The first-order valence-electron chi connectivity index (χ1n) is 6.47. The third kappa shape index (κ3) is 1.33. The van der Waals surface area contributed by atoms with Crippen LogP contribution in [0.2, 0.25) is 0 Å². The Balaban J connectivity index is 2.05. The summed E-state index contributed by atoms with van der Waals surface area (Å²) in [6.07, 6.45) is 3.81. The average Bonchev–Trinajstić information content (AvgIpc) is 3.08. The van der Waals surface area contributed by atoms with Gasteiger partial charge in [-0.05, 0) is 30.0 Å². The molecule has 5 nitrogen and oxygen atoms in total. The van der Waals surface area contributed by atoms with Crippen LogP contribution in [0.3, 0.4) is 0 Å². The van der Waals surface area contributed by atoms with E-state index in [0.717, 1.165) is 35.1 Å². The lowest BCUT2D eigenvalue weighted by Crippen LogP contribution is -2.00. The number of nitriles is 1. The second-order valence-electron chi connectivity index (χ2n) is 4.96. The summed E-state index contributed by atoms with van der Waals surface area (Å²) in [6, 6.07) is 5.99. The van der Waals surface area contributed by atoms with Gasteiger partial charge >= 0.3 is 0 Å². The zero-order valence-electron chi connectivity index (χ0n) is 10.9. The molecule has 0 saturated heterocycles. The van der Waals surface area contributed by atoms with Crippen LogP contribution < -0.4 is 4.74 Å². The van der Waals surface area contributed by atoms with Gasteiger partial charge < -0.3 is 9.72 Å². The van der Waals surface area contributed by atoms with Crippen molar-refractivity contribution in [2.24, 2.45) is 0 Å². The highest BCUT2D eigenvalue weighted by Crippen LogP contribution is 2.38. The van der Waals surface area contributed by atoms with Gasteiger partial charge in [0.2, 0.25) is 0 Å². The first kappa shape index (κ1) is 11.1. The molecule has 1 aromatic carbocycles. The van der Waals surface area contributed by atoms with E-state index in [1.54, 1.807) is 7.11 Å². The van der Waals surface area contributed by atoms with Crippen LogP contribution in [0.1, 0.15) is 16.7 Å². The molecule has 0 bridgehead atoms. The maximum Gasteiger partial charge on any atom is 0.138 e. The van der Waals surface area contributed by atoms with Crippen LogP contribution in [-0.2, 0) is 12.8 Å². The van der Waals surface area contributed by atoms with Crippen molar-refractivity contribution in [1.29, 1.82) is 5.26 Å². The number of aryl methyl sites for hydroxylation is 2. The van der Waals surface area contributed by atoms with E-state index in [4.69, 9.17) is 4.74 Å². The SMILES string of the molecule is COc1cc2[nH]c3c(c2cc1C#N)CCc1cn[nH]c1-3. The molecule has 0 saturated carbocycles. The van der Waals surface area contributed by atoms with Gasteiger partial charge in [-0.3, -0.25) is 5.10 Å². The summed E-state index contributed by atoms with van der Waals surface area (Å²) in [6.45, 7) is 0. The number of hydrogen-bond donors (Lipinski definition) is 2. The number of benzene rings is 1. The van der Waals surface area contributed by atoms with Crippen LogP contribution in [-0.4, -0.2) is 22.3 Å². The third-order valence-corrected chi connectivity index (χ3v) is 3.96. The molecule has 5 heteroatoms. The van der Waals surface area contributed by atoms with Crippen molar-refractivity contribution < 1.29 is 4.74 Å². The first-order valence-corrected chi connectivity index (χ1v) is 6.47. The van der Waals surface area contributed by atoms with E-state index < -0.39 is 0 Å². The number of nitrogens with zero attached hydrogens (tertiary/aromatic N) is 2. The van der Waals surface area contributed by atoms with Crippen molar-refractivity contribution >= 4 is 10.9 Å². The summed E-state index contributed by atoms with van der Waals surface area (Å²) in [5.74, 6) is 0.600. The fraction of sp³-hybridized carbons (Fsp3) is 0.200. The Bertz CT molecular complexity index is 866. The topological polar surface area (TPSA) is 77.5 Å². The Kier molecular flexibility index (Phi) is 2.15. The number of ether oxygens (including phenoxy) is 1. The Morgan fingerprint density at radius 2 is 2.20 bits per heavy atom. The van der Waals surface area contributed by atoms with Gasteiger partial charge in [0.1, 0.15) is 11.8 Å². The van der Waals surface area contributed by atoms with Gasteiger partial charge in [0, 0.05) is 17.0 Å². The molecule has 98 valence electrons. The van der Waals surface area contributed by atoms with Gasteiger partial charge in [-0.15, -0.1) is 0 Å². The fourth-order valence-electron chi connectivity index (χ4n) is 2.98. The predicted molar refractivity (Wildman–Crippen MR) is 74.6 cm³/mol. The summed E-state index contributed by atoms with van der Waals surface area (Å²) in [4.78, 5) is 3.42. The van der Waals surface area contributed by atoms with E-state index in [2.05, 4.69) is 21.3 Å². The molecule has 3 aromatic rings. The van der Waals surface area contributed by atoms with E-state index >= 15 is 0 Å². The van der Waals surface area contributed by atoms with Gasteiger partial charge in [-0.25, -0.2) is 0 Å². The fourth-order valence-corrected chi connectivity index (χ4v) is 2.98. The minimum atomic E-state index is 0.567. The van der Waals surface area contributed by atoms with Gasteiger partial charge in [-0.2, -0.15) is 10.4 Å². The van der Waals surface area contributed by atoms with Crippen molar-refractivity contribution in [3.8, 4) is 23.2 Å². The molecule has 1 aliphatic carbocycles. The van der Waals surface area contributed by atoms with Crippen molar-refractivity contribution in [2.45, 2.75) is 12.8 Å². The molecule has 2 aromatic heterocycles. The third-order valence-electron chi connectivity index (χ3n) is 3.96. The van der Waals surface area contributed by atoms with E-state index in [9.17, 15) is 5.26 Å². The van der Waals surface area contributed by atoms with Gasteiger partial charge in [0.05, 0.1) is 30.3 Å². The molecular formula is C15H12N4O. The maximum atomic E-state index is 9.22. The summed E-state index contributed by atoms with van der Waals surface area (Å²) in [7, 11) is 1.58. The second-order valence-corrected chi connectivity index (χ2v) is 4.96. The van der Waals surface area contributed by atoms with Crippen molar-refractivity contribution in [2.75, 3.05) is 7.11 Å². The van der Waals surface area contributed by atoms with Gasteiger partial charge in [0.25, 0.3) is 0 Å². The molecule has 0 radical (unpaired) electrons. The van der Waals surface area contributed by atoms with Crippen LogP contribution in [0.5, 0.6) is 5.75 Å². The molecule has 4 rings (SSSR count). The van der Waals surface area contributed by atoms with Crippen LogP contribution >= 0.6 is 0 Å². The molecule has 0 unspecified atom stereocenters. The van der Waals surface area contributed by atoms with Crippen LogP contribution in [0.25, 0.3) is 22.3 Å². The number of aromatic nitrogens is 3. The Morgan fingerprint density at radius 3 is 3.00 bits per heavy atom. The smallest absolute Gasteiger partial charge is 0.138 e. The highest BCUT2D eigenvalue weighted by Gasteiger charge is 2.23. The molecule has 20 heavy (non-hydrogen) atoms. The van der Waals surface area contributed by atoms with E-state index in [0.29, 0.717) is 11.3 Å². The summed E-state index contributed by atoms with van der Waals surface area (Å²) in [5, 5.41) is 17.5. The molecular weight excluding hydrogens is 252 g/mol. The highest BCUT2D eigenvalue weighted by molar-refractivity contribution is 5.93. The number of fused-ring (bicyclic) bond motifs is 5. The highest BCUT2D eigenvalue weighted by atomic mass is 16.5. The molecule has 0 aliphatic heterocycles. The summed E-state index contributed by atoms with van der Waals surface area (Å²) >= 11 is 0.